The van der Waals surface area contributed by atoms with Gasteiger partial charge in [0.2, 0.25) is 0 Å². The summed E-state index contributed by atoms with van der Waals surface area (Å²) in [5.41, 5.74) is 0.819. The van der Waals surface area contributed by atoms with Gasteiger partial charge in [-0.25, -0.2) is 9.50 Å². The van der Waals surface area contributed by atoms with E-state index in [1.807, 2.05) is 18.3 Å². The first-order chi connectivity index (χ1) is 8.31. The number of hydrogen-bond donors (Lipinski definition) is 0. The third-order valence-electron chi connectivity index (χ3n) is 3.16. The molecule has 0 spiro atoms. The van der Waals surface area contributed by atoms with Crippen molar-refractivity contribution in [3.05, 3.63) is 29.2 Å². The summed E-state index contributed by atoms with van der Waals surface area (Å²) in [6.07, 6.45) is 4.99. The fourth-order valence-electron chi connectivity index (χ4n) is 2.20. The highest BCUT2D eigenvalue weighted by molar-refractivity contribution is 6.30. The number of nitrogens with zero attached hydrogens (tertiary/aromatic N) is 3. The topological polar surface area (TPSA) is 39.4 Å². The molecule has 0 aliphatic carbocycles. The van der Waals surface area contributed by atoms with Crippen molar-refractivity contribution in [2.45, 2.75) is 19.3 Å². The average Bonchev–Trinajstić information content (AvgIpc) is 2.71. The van der Waals surface area contributed by atoms with E-state index in [9.17, 15) is 0 Å². The quantitative estimate of drug-likeness (QED) is 0.823. The highest BCUT2D eigenvalue weighted by atomic mass is 35.5. The van der Waals surface area contributed by atoms with Gasteiger partial charge in [0.25, 0.3) is 0 Å². The molecule has 0 unspecified atom stereocenters. The second-order valence-electron chi connectivity index (χ2n) is 4.44. The number of halogens is 1. The molecule has 1 fully saturated rings. The molecule has 0 atom stereocenters. The molecule has 0 N–H and O–H groups in total. The lowest BCUT2D eigenvalue weighted by Gasteiger charge is -2.20. The van der Waals surface area contributed by atoms with Crippen LogP contribution in [-0.4, -0.2) is 27.8 Å². The van der Waals surface area contributed by atoms with Crippen LogP contribution in [0.15, 0.2) is 18.3 Å². The van der Waals surface area contributed by atoms with Crippen LogP contribution in [0, 0.1) is 5.92 Å². The molecule has 17 heavy (non-hydrogen) atoms. The van der Waals surface area contributed by atoms with E-state index < -0.39 is 0 Å². The zero-order chi connectivity index (χ0) is 11.7. The Morgan fingerprint density at radius 3 is 3.06 bits per heavy atom. The largest absolute Gasteiger partial charge is 0.381 e. The van der Waals surface area contributed by atoms with E-state index in [0.29, 0.717) is 10.9 Å². The predicted octanol–water partition coefficient (Wildman–Crippen LogP) is 2.35. The summed E-state index contributed by atoms with van der Waals surface area (Å²) in [6, 6.07) is 3.66. The van der Waals surface area contributed by atoms with Crippen LogP contribution in [0.5, 0.6) is 0 Å². The summed E-state index contributed by atoms with van der Waals surface area (Å²) in [4.78, 5) is 4.49. The molecular formula is C12H14ClN3O. The van der Waals surface area contributed by atoms with Crippen LogP contribution in [0.3, 0.4) is 0 Å². The third kappa shape index (κ3) is 2.42. The standard InChI is InChI=1S/C12H14ClN3O/c13-10-1-4-16-12(8-10)14-11(15-16)7-9-2-5-17-6-3-9/h1,4,8-9H,2-3,5-7H2. The van der Waals surface area contributed by atoms with Gasteiger partial charge < -0.3 is 4.74 Å². The van der Waals surface area contributed by atoms with Gasteiger partial charge >= 0.3 is 0 Å². The van der Waals surface area contributed by atoms with Crippen LogP contribution in [-0.2, 0) is 11.2 Å². The zero-order valence-corrected chi connectivity index (χ0v) is 10.2. The van der Waals surface area contributed by atoms with Crippen molar-refractivity contribution < 1.29 is 4.74 Å². The number of pyridine rings is 1. The molecule has 0 amide bonds. The summed E-state index contributed by atoms with van der Waals surface area (Å²) in [5.74, 6) is 1.55. The Bertz CT molecular complexity index is 519. The van der Waals surface area contributed by atoms with Gasteiger partial charge in [-0.05, 0) is 24.8 Å². The van der Waals surface area contributed by atoms with E-state index in [1.54, 1.807) is 4.52 Å². The second kappa shape index (κ2) is 4.63. The predicted molar refractivity (Wildman–Crippen MR) is 65.2 cm³/mol. The highest BCUT2D eigenvalue weighted by Gasteiger charge is 2.16. The second-order valence-corrected chi connectivity index (χ2v) is 4.87. The fraction of sp³-hybridized carbons (Fsp3) is 0.500. The Balaban J connectivity index is 1.80. The van der Waals surface area contributed by atoms with Gasteiger partial charge in [-0.2, -0.15) is 5.10 Å². The molecule has 2 aromatic heterocycles. The molecule has 1 saturated heterocycles. The van der Waals surface area contributed by atoms with Crippen molar-refractivity contribution in [3.8, 4) is 0 Å². The summed E-state index contributed by atoms with van der Waals surface area (Å²) < 4.78 is 7.13. The molecule has 90 valence electrons. The van der Waals surface area contributed by atoms with Crippen LogP contribution in [0.25, 0.3) is 5.65 Å². The third-order valence-corrected chi connectivity index (χ3v) is 3.39. The Hall–Kier alpha value is -1.13. The molecule has 2 aromatic rings. The van der Waals surface area contributed by atoms with Gasteiger partial charge in [-0.15, -0.1) is 0 Å². The van der Waals surface area contributed by atoms with Crippen molar-refractivity contribution in [3.63, 3.8) is 0 Å². The van der Waals surface area contributed by atoms with Gasteiger partial charge in [0.15, 0.2) is 11.5 Å². The Labute approximate surface area is 105 Å². The van der Waals surface area contributed by atoms with Crippen LogP contribution in [0.4, 0.5) is 0 Å². The summed E-state index contributed by atoms with van der Waals surface area (Å²) >= 11 is 5.92. The highest BCUT2D eigenvalue weighted by Crippen LogP contribution is 2.19. The molecule has 3 rings (SSSR count). The molecule has 4 nitrogen and oxygen atoms in total. The van der Waals surface area contributed by atoms with Gasteiger partial charge in [0.1, 0.15) is 0 Å². The molecule has 0 saturated carbocycles. The fourth-order valence-corrected chi connectivity index (χ4v) is 2.35. The van der Waals surface area contributed by atoms with Gasteiger partial charge in [-0.3, -0.25) is 0 Å². The SMILES string of the molecule is Clc1ccn2nc(CC3CCOCC3)nc2c1. The van der Waals surface area contributed by atoms with Crippen molar-refractivity contribution in [1.29, 1.82) is 0 Å². The van der Waals surface area contributed by atoms with Gasteiger partial charge in [-0.1, -0.05) is 11.6 Å². The van der Waals surface area contributed by atoms with E-state index in [-0.39, 0.29) is 0 Å². The number of fused-ring (bicyclic) bond motifs is 1. The van der Waals surface area contributed by atoms with Crippen LogP contribution in [0.2, 0.25) is 5.02 Å². The van der Waals surface area contributed by atoms with Crippen molar-refractivity contribution in [2.75, 3.05) is 13.2 Å². The maximum atomic E-state index is 5.92. The van der Waals surface area contributed by atoms with E-state index in [2.05, 4.69) is 10.1 Å². The Morgan fingerprint density at radius 1 is 1.41 bits per heavy atom. The summed E-state index contributed by atoms with van der Waals surface area (Å²) in [5, 5.41) is 5.15. The summed E-state index contributed by atoms with van der Waals surface area (Å²) in [7, 11) is 0. The van der Waals surface area contributed by atoms with Gasteiger partial charge in [0, 0.05) is 36.9 Å². The smallest absolute Gasteiger partial charge is 0.157 e. The first-order valence-electron chi connectivity index (χ1n) is 5.90. The van der Waals surface area contributed by atoms with E-state index in [1.165, 1.54) is 0 Å². The maximum Gasteiger partial charge on any atom is 0.157 e. The number of rotatable bonds is 2. The lowest BCUT2D eigenvalue weighted by molar-refractivity contribution is 0.0660. The molecule has 1 aliphatic heterocycles. The first kappa shape index (κ1) is 11.0. The molecule has 0 aromatic carbocycles. The Kier molecular flexibility index (Phi) is 2.99. The van der Waals surface area contributed by atoms with E-state index in [4.69, 9.17) is 16.3 Å². The minimum atomic E-state index is 0.650. The van der Waals surface area contributed by atoms with Crippen LogP contribution >= 0.6 is 11.6 Å². The van der Waals surface area contributed by atoms with Crippen molar-refractivity contribution in [1.82, 2.24) is 14.6 Å². The van der Waals surface area contributed by atoms with Crippen molar-refractivity contribution in [2.24, 2.45) is 5.92 Å². The minimum Gasteiger partial charge on any atom is -0.381 e. The van der Waals surface area contributed by atoms with E-state index >= 15 is 0 Å². The summed E-state index contributed by atoms with van der Waals surface area (Å²) in [6.45, 7) is 1.73. The normalized spacial score (nSPS) is 17.7. The number of ether oxygens (including phenoxy) is 1. The van der Waals surface area contributed by atoms with Gasteiger partial charge in [0.05, 0.1) is 0 Å². The lowest BCUT2D eigenvalue weighted by atomic mass is 9.96. The zero-order valence-electron chi connectivity index (χ0n) is 9.47. The van der Waals surface area contributed by atoms with Crippen molar-refractivity contribution >= 4 is 17.2 Å². The molecule has 0 radical (unpaired) electrons. The average molecular weight is 252 g/mol. The monoisotopic (exact) mass is 251 g/mol. The molecule has 5 heteroatoms. The minimum absolute atomic E-state index is 0.650. The van der Waals surface area contributed by atoms with Crippen LogP contribution in [0.1, 0.15) is 18.7 Å². The molecule has 3 heterocycles. The Morgan fingerprint density at radius 2 is 2.24 bits per heavy atom. The molecule has 0 bridgehead atoms. The number of hydrogen-bond acceptors (Lipinski definition) is 3. The van der Waals surface area contributed by atoms with E-state index in [0.717, 1.165) is 43.9 Å². The molecular weight excluding hydrogens is 238 g/mol. The maximum absolute atomic E-state index is 5.92. The number of aromatic nitrogens is 3. The lowest BCUT2D eigenvalue weighted by Crippen LogP contribution is -2.18. The molecule has 1 aliphatic rings. The first-order valence-corrected chi connectivity index (χ1v) is 6.27. The van der Waals surface area contributed by atoms with Crippen LogP contribution < -0.4 is 0 Å².